The number of rotatable bonds is 4. The molecule has 10 nitrogen and oxygen atoms in total. The Labute approximate surface area is 165 Å². The number of tetrazole rings is 1. The molecule has 0 unspecified atom stereocenters. The van der Waals surface area contributed by atoms with Gasteiger partial charge in [-0.05, 0) is 24.3 Å². The number of benzene rings is 2. The molecule has 2 aromatic carbocycles. The number of nitrogens with one attached hydrogen (secondary N) is 2. The van der Waals surface area contributed by atoms with Gasteiger partial charge in [-0.1, -0.05) is 29.8 Å². The maximum absolute atomic E-state index is 12.1. The first-order valence-electron chi connectivity index (χ1n) is 8.92. The van der Waals surface area contributed by atoms with Crippen molar-refractivity contribution in [2.45, 2.75) is 13.5 Å². The predicted molar refractivity (Wildman–Crippen MR) is 103 cm³/mol. The van der Waals surface area contributed by atoms with Gasteiger partial charge in [-0.2, -0.15) is 4.80 Å². The number of urea groups is 1. The van der Waals surface area contributed by atoms with Gasteiger partial charge in [-0.25, -0.2) is 4.79 Å². The molecule has 1 aromatic heterocycles. The summed E-state index contributed by atoms with van der Waals surface area (Å²) in [5.41, 5.74) is 2.38. The molecule has 0 saturated carbocycles. The average Bonchev–Trinajstić information content (AvgIpc) is 3.16. The number of ether oxygens (including phenoxy) is 2. The number of imide groups is 1. The zero-order valence-electron chi connectivity index (χ0n) is 15.6. The SMILES string of the molecule is Cc1ccc(-c2nnn(CC(=O)NC(=O)Nc3ccc4c(c3)OCCO4)n2)cc1. The molecule has 0 spiro atoms. The molecule has 1 aliphatic heterocycles. The van der Waals surface area contributed by atoms with Gasteiger partial charge in [-0.3, -0.25) is 10.1 Å². The molecule has 148 valence electrons. The molecule has 0 radical (unpaired) electrons. The third-order valence-electron chi connectivity index (χ3n) is 4.10. The summed E-state index contributed by atoms with van der Waals surface area (Å²) in [6.45, 7) is 2.66. The van der Waals surface area contributed by atoms with Crippen molar-refractivity contribution in [2.24, 2.45) is 0 Å². The Balaban J connectivity index is 1.32. The van der Waals surface area contributed by atoms with Crippen LogP contribution in [-0.4, -0.2) is 45.4 Å². The van der Waals surface area contributed by atoms with E-state index < -0.39 is 11.9 Å². The number of aromatic nitrogens is 4. The van der Waals surface area contributed by atoms with Gasteiger partial charge in [0.25, 0.3) is 5.91 Å². The minimum atomic E-state index is -0.675. The van der Waals surface area contributed by atoms with Crippen LogP contribution in [-0.2, 0) is 11.3 Å². The molecule has 29 heavy (non-hydrogen) atoms. The second-order valence-electron chi connectivity index (χ2n) is 6.37. The number of hydrogen-bond donors (Lipinski definition) is 2. The number of carbonyl (C=O) groups excluding carboxylic acids is 2. The van der Waals surface area contributed by atoms with Crippen molar-refractivity contribution in [2.75, 3.05) is 18.5 Å². The molecule has 0 atom stereocenters. The van der Waals surface area contributed by atoms with Gasteiger partial charge < -0.3 is 14.8 Å². The summed E-state index contributed by atoms with van der Waals surface area (Å²) in [6, 6.07) is 11.9. The highest BCUT2D eigenvalue weighted by Crippen LogP contribution is 2.32. The van der Waals surface area contributed by atoms with Gasteiger partial charge in [0, 0.05) is 17.3 Å². The third kappa shape index (κ3) is 4.49. The summed E-state index contributed by atoms with van der Waals surface area (Å²) in [4.78, 5) is 25.3. The highest BCUT2D eigenvalue weighted by Gasteiger charge is 2.15. The van der Waals surface area contributed by atoms with Crippen molar-refractivity contribution < 1.29 is 19.1 Å². The van der Waals surface area contributed by atoms with Crippen LogP contribution in [0, 0.1) is 6.92 Å². The molecule has 0 aliphatic carbocycles. The quantitative estimate of drug-likeness (QED) is 0.692. The van der Waals surface area contributed by atoms with Crippen LogP contribution in [0.15, 0.2) is 42.5 Å². The van der Waals surface area contributed by atoms with Crippen LogP contribution >= 0.6 is 0 Å². The zero-order valence-corrected chi connectivity index (χ0v) is 15.6. The van der Waals surface area contributed by atoms with Gasteiger partial charge in [-0.15, -0.1) is 10.2 Å². The molecule has 0 bridgehead atoms. The largest absolute Gasteiger partial charge is 0.486 e. The van der Waals surface area contributed by atoms with Crippen molar-refractivity contribution in [3.8, 4) is 22.9 Å². The Bertz CT molecular complexity index is 1050. The van der Waals surface area contributed by atoms with E-state index in [-0.39, 0.29) is 6.54 Å². The Hall–Kier alpha value is -3.95. The second kappa shape index (κ2) is 7.97. The second-order valence-corrected chi connectivity index (χ2v) is 6.37. The molecule has 3 amide bonds. The fraction of sp³-hybridized carbons (Fsp3) is 0.211. The van der Waals surface area contributed by atoms with Crippen LogP contribution in [0.2, 0.25) is 0 Å². The summed E-state index contributed by atoms with van der Waals surface area (Å²) < 4.78 is 10.9. The summed E-state index contributed by atoms with van der Waals surface area (Å²) >= 11 is 0. The molecule has 10 heteroatoms. The number of aryl methyl sites for hydroxylation is 1. The minimum absolute atomic E-state index is 0.243. The Morgan fingerprint density at radius 1 is 1.07 bits per heavy atom. The monoisotopic (exact) mass is 394 g/mol. The van der Waals surface area contributed by atoms with Gasteiger partial charge in [0.05, 0.1) is 0 Å². The van der Waals surface area contributed by atoms with Crippen LogP contribution in [0.3, 0.4) is 0 Å². The lowest BCUT2D eigenvalue weighted by molar-refractivity contribution is -0.120. The molecule has 3 aromatic rings. The number of amides is 3. The fourth-order valence-corrected chi connectivity index (χ4v) is 2.71. The number of fused-ring (bicyclic) bond motifs is 1. The molecule has 4 rings (SSSR count). The van der Waals surface area contributed by atoms with E-state index in [1.807, 2.05) is 31.2 Å². The Morgan fingerprint density at radius 2 is 1.83 bits per heavy atom. The van der Waals surface area contributed by atoms with Crippen molar-refractivity contribution >= 4 is 17.6 Å². The van der Waals surface area contributed by atoms with Crippen LogP contribution in [0.5, 0.6) is 11.5 Å². The fourth-order valence-electron chi connectivity index (χ4n) is 2.71. The first-order valence-corrected chi connectivity index (χ1v) is 8.92. The van der Waals surface area contributed by atoms with Crippen LogP contribution in [0.1, 0.15) is 5.56 Å². The number of anilines is 1. The van der Waals surface area contributed by atoms with Crippen molar-refractivity contribution in [1.29, 1.82) is 0 Å². The summed E-state index contributed by atoms with van der Waals surface area (Å²) in [6.07, 6.45) is 0. The first-order chi connectivity index (χ1) is 14.1. The summed E-state index contributed by atoms with van der Waals surface area (Å²) in [5, 5.41) is 16.7. The molecular weight excluding hydrogens is 376 g/mol. The van der Waals surface area contributed by atoms with E-state index in [1.165, 1.54) is 0 Å². The van der Waals surface area contributed by atoms with Crippen LogP contribution in [0.4, 0.5) is 10.5 Å². The topological polar surface area (TPSA) is 120 Å². The van der Waals surface area contributed by atoms with E-state index in [4.69, 9.17) is 9.47 Å². The van der Waals surface area contributed by atoms with E-state index in [9.17, 15) is 9.59 Å². The summed E-state index contributed by atoms with van der Waals surface area (Å²) in [5.74, 6) is 0.974. The third-order valence-corrected chi connectivity index (χ3v) is 4.10. The maximum Gasteiger partial charge on any atom is 0.325 e. The molecule has 2 heterocycles. The van der Waals surface area contributed by atoms with Crippen LogP contribution < -0.4 is 20.1 Å². The van der Waals surface area contributed by atoms with Crippen LogP contribution in [0.25, 0.3) is 11.4 Å². The van der Waals surface area contributed by atoms with Crippen molar-refractivity contribution in [1.82, 2.24) is 25.5 Å². The lowest BCUT2D eigenvalue weighted by Crippen LogP contribution is -2.37. The number of nitrogens with zero attached hydrogens (tertiary/aromatic N) is 4. The standard InChI is InChI=1S/C19H18N6O4/c1-12-2-4-13(5-3-12)18-22-24-25(23-18)11-17(26)21-19(27)20-14-6-7-15-16(10-14)29-9-8-28-15/h2-7,10H,8-9,11H2,1H3,(H2,20,21,26,27). The highest BCUT2D eigenvalue weighted by molar-refractivity contribution is 6.01. The van der Waals surface area contributed by atoms with Gasteiger partial charge in [0.2, 0.25) is 5.82 Å². The van der Waals surface area contributed by atoms with E-state index in [0.717, 1.165) is 15.9 Å². The average molecular weight is 394 g/mol. The van der Waals surface area contributed by atoms with Crippen molar-refractivity contribution in [3.05, 3.63) is 48.0 Å². The van der Waals surface area contributed by atoms with E-state index in [0.29, 0.717) is 36.2 Å². The summed E-state index contributed by atoms with van der Waals surface area (Å²) in [7, 11) is 0. The Morgan fingerprint density at radius 3 is 2.62 bits per heavy atom. The first kappa shape index (κ1) is 18.4. The van der Waals surface area contributed by atoms with Gasteiger partial charge in [0.15, 0.2) is 11.5 Å². The molecule has 0 saturated heterocycles. The van der Waals surface area contributed by atoms with E-state index in [1.54, 1.807) is 18.2 Å². The Kier molecular flexibility index (Phi) is 5.06. The lowest BCUT2D eigenvalue weighted by Gasteiger charge is -2.19. The highest BCUT2D eigenvalue weighted by atomic mass is 16.6. The van der Waals surface area contributed by atoms with Crippen molar-refractivity contribution in [3.63, 3.8) is 0 Å². The minimum Gasteiger partial charge on any atom is -0.486 e. The molecule has 0 fully saturated rings. The lowest BCUT2D eigenvalue weighted by atomic mass is 10.1. The maximum atomic E-state index is 12.1. The normalized spacial score (nSPS) is 12.3. The van der Waals surface area contributed by atoms with Gasteiger partial charge >= 0.3 is 6.03 Å². The van der Waals surface area contributed by atoms with Gasteiger partial charge in [0.1, 0.15) is 19.8 Å². The molecular formula is C19H18N6O4. The molecule has 2 N–H and O–H groups in total. The molecule has 1 aliphatic rings. The predicted octanol–water partition coefficient (Wildman–Crippen LogP) is 1.77. The smallest absolute Gasteiger partial charge is 0.325 e. The number of hydrogen-bond acceptors (Lipinski definition) is 7. The van der Waals surface area contributed by atoms with E-state index in [2.05, 4.69) is 26.0 Å². The zero-order chi connectivity index (χ0) is 20.2. The number of carbonyl (C=O) groups is 2. The van der Waals surface area contributed by atoms with E-state index >= 15 is 0 Å².